The molecule has 0 heterocycles. The molecule has 94 valence electrons. The summed E-state index contributed by atoms with van der Waals surface area (Å²) >= 11 is 1.53. The number of aliphatic carboxylic acids is 1. The number of carboxylic acid groups (broad SMARTS) is 1. The van der Waals surface area contributed by atoms with Gasteiger partial charge in [-0.25, -0.2) is 0 Å². The van der Waals surface area contributed by atoms with Crippen LogP contribution < -0.4 is 9.47 Å². The summed E-state index contributed by atoms with van der Waals surface area (Å²) in [5, 5.41) is 8.75. The van der Waals surface area contributed by atoms with Gasteiger partial charge in [0.1, 0.15) is 11.5 Å². The smallest absolute Gasteiger partial charge is 0.303 e. The van der Waals surface area contributed by atoms with Gasteiger partial charge in [0.2, 0.25) is 0 Å². The Kier molecular flexibility index (Phi) is 5.15. The van der Waals surface area contributed by atoms with Gasteiger partial charge in [-0.1, -0.05) is 0 Å². The molecule has 0 radical (unpaired) electrons. The van der Waals surface area contributed by atoms with Crippen molar-refractivity contribution in [3.8, 4) is 11.5 Å². The van der Waals surface area contributed by atoms with E-state index in [2.05, 4.69) is 0 Å². The second kappa shape index (κ2) is 6.39. The van der Waals surface area contributed by atoms with Crippen molar-refractivity contribution in [2.75, 3.05) is 20.5 Å². The number of carboxylic acids is 1. The van der Waals surface area contributed by atoms with Crippen LogP contribution in [0, 0.1) is 0 Å². The van der Waals surface area contributed by atoms with Gasteiger partial charge in [0.25, 0.3) is 0 Å². The van der Waals surface area contributed by atoms with E-state index < -0.39 is 5.97 Å². The predicted molar refractivity (Wildman–Crippen MR) is 67.3 cm³/mol. The highest BCUT2D eigenvalue weighted by molar-refractivity contribution is 7.98. The number of benzene rings is 1. The van der Waals surface area contributed by atoms with Crippen LogP contribution in [-0.4, -0.2) is 31.6 Å². The molecule has 0 amide bonds. The zero-order valence-electron chi connectivity index (χ0n) is 10.1. The number of ether oxygens (including phenoxy) is 2. The molecule has 0 unspecified atom stereocenters. The zero-order chi connectivity index (χ0) is 12.8. The summed E-state index contributed by atoms with van der Waals surface area (Å²) in [6, 6.07) is 3.63. The lowest BCUT2D eigenvalue weighted by atomic mass is 10.1. The molecule has 0 atom stereocenters. The summed E-state index contributed by atoms with van der Waals surface area (Å²) in [6.07, 6.45) is 2.45. The molecule has 4 nitrogen and oxygen atoms in total. The lowest BCUT2D eigenvalue weighted by molar-refractivity contribution is -0.136. The van der Waals surface area contributed by atoms with Gasteiger partial charge in [-0.2, -0.15) is 0 Å². The maximum absolute atomic E-state index is 10.6. The highest BCUT2D eigenvalue weighted by Crippen LogP contribution is 2.37. The maximum Gasteiger partial charge on any atom is 0.303 e. The van der Waals surface area contributed by atoms with Crippen LogP contribution in [0.4, 0.5) is 0 Å². The van der Waals surface area contributed by atoms with Crippen molar-refractivity contribution in [1.82, 2.24) is 0 Å². The van der Waals surface area contributed by atoms with Gasteiger partial charge < -0.3 is 14.6 Å². The average molecular weight is 256 g/mol. The molecule has 0 aliphatic rings. The fraction of sp³-hybridized carbons (Fsp3) is 0.417. The fourth-order valence-corrected chi connectivity index (χ4v) is 2.43. The van der Waals surface area contributed by atoms with Gasteiger partial charge >= 0.3 is 5.97 Å². The topological polar surface area (TPSA) is 55.8 Å². The van der Waals surface area contributed by atoms with E-state index in [4.69, 9.17) is 14.6 Å². The summed E-state index contributed by atoms with van der Waals surface area (Å²) in [6.45, 7) is 0. The molecule has 5 heteroatoms. The first-order valence-corrected chi connectivity index (χ1v) is 6.36. The van der Waals surface area contributed by atoms with Crippen LogP contribution in [0.25, 0.3) is 0 Å². The Morgan fingerprint density at radius 1 is 1.29 bits per heavy atom. The van der Waals surface area contributed by atoms with Crippen molar-refractivity contribution in [2.24, 2.45) is 0 Å². The SMILES string of the molecule is COc1ccc(OC)c(SC)c1CCC(=O)O. The second-order valence-corrected chi connectivity index (χ2v) is 4.19. The maximum atomic E-state index is 10.6. The normalized spacial score (nSPS) is 10.1. The Morgan fingerprint density at radius 3 is 2.35 bits per heavy atom. The molecule has 0 fully saturated rings. The third kappa shape index (κ3) is 3.30. The molecule has 0 saturated carbocycles. The Labute approximate surface area is 105 Å². The molecule has 0 aliphatic heterocycles. The van der Waals surface area contributed by atoms with Crippen molar-refractivity contribution < 1.29 is 19.4 Å². The number of carbonyl (C=O) groups is 1. The second-order valence-electron chi connectivity index (χ2n) is 3.38. The summed E-state index contributed by atoms with van der Waals surface area (Å²) in [4.78, 5) is 11.6. The quantitative estimate of drug-likeness (QED) is 0.792. The number of hydrogen-bond donors (Lipinski definition) is 1. The summed E-state index contributed by atoms with van der Waals surface area (Å²) in [7, 11) is 3.18. The zero-order valence-corrected chi connectivity index (χ0v) is 11.0. The number of hydrogen-bond acceptors (Lipinski definition) is 4. The van der Waals surface area contributed by atoms with E-state index in [9.17, 15) is 4.79 Å². The van der Waals surface area contributed by atoms with Crippen LogP contribution in [0.1, 0.15) is 12.0 Å². The first-order valence-electron chi connectivity index (χ1n) is 5.13. The molecule has 0 saturated heterocycles. The van der Waals surface area contributed by atoms with Crippen molar-refractivity contribution in [2.45, 2.75) is 17.7 Å². The summed E-state index contributed by atoms with van der Waals surface area (Å²) in [5.74, 6) is 0.636. The number of thioether (sulfide) groups is 1. The van der Waals surface area contributed by atoms with Crippen molar-refractivity contribution >= 4 is 17.7 Å². The van der Waals surface area contributed by atoms with Gasteiger partial charge in [-0.3, -0.25) is 4.79 Å². The van der Waals surface area contributed by atoms with Crippen molar-refractivity contribution in [3.05, 3.63) is 17.7 Å². The van der Waals surface area contributed by atoms with Crippen LogP contribution in [0.15, 0.2) is 17.0 Å². The Morgan fingerprint density at radius 2 is 1.88 bits per heavy atom. The molecule has 1 aromatic rings. The minimum atomic E-state index is -0.818. The third-order valence-electron chi connectivity index (χ3n) is 2.41. The molecule has 1 N–H and O–H groups in total. The predicted octanol–water partition coefficient (Wildman–Crippen LogP) is 2.44. The van der Waals surface area contributed by atoms with Gasteiger partial charge in [-0.05, 0) is 24.8 Å². The first-order chi connectivity index (χ1) is 8.13. The van der Waals surface area contributed by atoms with Crippen molar-refractivity contribution in [3.63, 3.8) is 0 Å². The lowest BCUT2D eigenvalue weighted by Gasteiger charge is -2.15. The average Bonchev–Trinajstić information content (AvgIpc) is 2.34. The third-order valence-corrected chi connectivity index (χ3v) is 3.27. The van der Waals surface area contributed by atoms with Crippen molar-refractivity contribution in [1.29, 1.82) is 0 Å². The Bertz CT molecular complexity index is 404. The van der Waals surface area contributed by atoms with Gasteiger partial charge in [0, 0.05) is 12.0 Å². The van der Waals surface area contributed by atoms with Crippen LogP contribution in [0.3, 0.4) is 0 Å². The van der Waals surface area contributed by atoms with E-state index >= 15 is 0 Å². The molecule has 0 aromatic heterocycles. The van der Waals surface area contributed by atoms with E-state index in [1.807, 2.05) is 12.3 Å². The van der Waals surface area contributed by atoms with E-state index in [-0.39, 0.29) is 6.42 Å². The molecule has 1 aromatic carbocycles. The van der Waals surface area contributed by atoms with Gasteiger partial charge in [0.15, 0.2) is 0 Å². The molecule has 0 spiro atoms. The van der Waals surface area contributed by atoms with E-state index in [0.717, 1.165) is 16.2 Å². The van der Waals surface area contributed by atoms with Crippen LogP contribution in [-0.2, 0) is 11.2 Å². The van der Waals surface area contributed by atoms with E-state index in [0.29, 0.717) is 12.2 Å². The van der Waals surface area contributed by atoms with Gasteiger partial charge in [-0.15, -0.1) is 11.8 Å². The fourth-order valence-electron chi connectivity index (χ4n) is 1.63. The summed E-state index contributed by atoms with van der Waals surface area (Å²) < 4.78 is 10.5. The minimum absolute atomic E-state index is 0.0804. The van der Waals surface area contributed by atoms with Crippen LogP contribution in [0.2, 0.25) is 0 Å². The van der Waals surface area contributed by atoms with Crippen LogP contribution >= 0.6 is 11.8 Å². The molecular formula is C12H16O4S. The Hall–Kier alpha value is -1.36. The molecule has 0 bridgehead atoms. The number of rotatable bonds is 6. The Balaban J connectivity index is 3.15. The minimum Gasteiger partial charge on any atom is -0.496 e. The van der Waals surface area contributed by atoms with Crippen LogP contribution in [0.5, 0.6) is 11.5 Å². The number of methoxy groups -OCH3 is 2. The largest absolute Gasteiger partial charge is 0.496 e. The monoisotopic (exact) mass is 256 g/mol. The highest BCUT2D eigenvalue weighted by atomic mass is 32.2. The standard InChI is InChI=1S/C12H16O4S/c1-15-9-5-6-10(16-2)12(17-3)8(9)4-7-11(13)14/h5-6H,4,7H2,1-3H3,(H,13,14). The highest BCUT2D eigenvalue weighted by Gasteiger charge is 2.15. The summed E-state index contributed by atoms with van der Waals surface area (Å²) in [5.41, 5.74) is 0.891. The lowest BCUT2D eigenvalue weighted by Crippen LogP contribution is -2.02. The first kappa shape index (κ1) is 13.7. The van der Waals surface area contributed by atoms with E-state index in [1.54, 1.807) is 20.3 Å². The van der Waals surface area contributed by atoms with Gasteiger partial charge in [0.05, 0.1) is 19.1 Å². The van der Waals surface area contributed by atoms with E-state index in [1.165, 1.54) is 11.8 Å². The molecule has 17 heavy (non-hydrogen) atoms. The molecule has 0 aliphatic carbocycles. The molecular weight excluding hydrogens is 240 g/mol. The molecule has 1 rings (SSSR count).